The molecule has 0 fully saturated rings. The van der Waals surface area contributed by atoms with E-state index in [9.17, 15) is 0 Å². The van der Waals surface area contributed by atoms with Crippen molar-refractivity contribution in [1.29, 1.82) is 0 Å². The number of rotatable bonds is 6. The highest BCUT2D eigenvalue weighted by Crippen LogP contribution is 2.38. The van der Waals surface area contributed by atoms with Gasteiger partial charge in [-0.15, -0.1) is 0 Å². The average Bonchev–Trinajstić information content (AvgIpc) is 2.63. The highest BCUT2D eigenvalue weighted by atomic mass is 32.2. The van der Waals surface area contributed by atoms with Crippen LogP contribution >= 0.6 is 11.8 Å². The van der Waals surface area contributed by atoms with E-state index in [4.69, 9.17) is 14.2 Å². The van der Waals surface area contributed by atoms with Gasteiger partial charge in [0, 0.05) is 4.90 Å². The summed E-state index contributed by atoms with van der Waals surface area (Å²) in [6.45, 7) is 0. The summed E-state index contributed by atoms with van der Waals surface area (Å²) in [6.07, 6.45) is 0. The first-order chi connectivity index (χ1) is 11.8. The van der Waals surface area contributed by atoms with E-state index < -0.39 is 0 Å². The lowest BCUT2D eigenvalue weighted by atomic mass is 10.3. The zero-order valence-electron chi connectivity index (χ0n) is 13.6. The molecule has 0 radical (unpaired) electrons. The van der Waals surface area contributed by atoms with Gasteiger partial charge in [0.05, 0.1) is 19.1 Å². The number of para-hydroxylation sites is 1. The third kappa shape index (κ3) is 4.03. The number of benzene rings is 3. The molecule has 0 aliphatic rings. The fraction of sp³-hybridized carbons (Fsp3) is 0.100. The van der Waals surface area contributed by atoms with Crippen LogP contribution in [0.4, 0.5) is 0 Å². The zero-order chi connectivity index (χ0) is 16.8. The minimum atomic E-state index is 0.799. The van der Waals surface area contributed by atoms with Gasteiger partial charge in [0.25, 0.3) is 0 Å². The van der Waals surface area contributed by atoms with Crippen LogP contribution in [-0.2, 0) is 0 Å². The smallest absolute Gasteiger partial charge is 0.133 e. The molecule has 0 heterocycles. The Labute approximate surface area is 146 Å². The van der Waals surface area contributed by atoms with Gasteiger partial charge in [-0.25, -0.2) is 0 Å². The number of ether oxygens (including phenoxy) is 3. The maximum absolute atomic E-state index is 5.89. The second-order valence-corrected chi connectivity index (χ2v) is 6.12. The highest BCUT2D eigenvalue weighted by molar-refractivity contribution is 7.99. The zero-order valence-corrected chi connectivity index (χ0v) is 14.4. The van der Waals surface area contributed by atoms with Crippen LogP contribution in [0.3, 0.4) is 0 Å². The van der Waals surface area contributed by atoms with E-state index in [1.807, 2.05) is 72.8 Å². The van der Waals surface area contributed by atoms with Crippen molar-refractivity contribution in [3.05, 3.63) is 72.8 Å². The van der Waals surface area contributed by atoms with Crippen molar-refractivity contribution in [2.45, 2.75) is 9.79 Å². The Hall–Kier alpha value is -2.59. The summed E-state index contributed by atoms with van der Waals surface area (Å²) in [6, 6.07) is 23.5. The Morgan fingerprint density at radius 2 is 1.46 bits per heavy atom. The van der Waals surface area contributed by atoms with Gasteiger partial charge in [-0.1, -0.05) is 36.0 Å². The van der Waals surface area contributed by atoms with Crippen molar-refractivity contribution < 1.29 is 14.2 Å². The van der Waals surface area contributed by atoms with E-state index >= 15 is 0 Å². The molecular formula is C20H18O3S. The van der Waals surface area contributed by atoms with Crippen LogP contribution in [0.1, 0.15) is 0 Å². The first-order valence-corrected chi connectivity index (χ1v) is 8.33. The van der Waals surface area contributed by atoms with Gasteiger partial charge in [0.2, 0.25) is 0 Å². The summed E-state index contributed by atoms with van der Waals surface area (Å²) >= 11 is 1.61. The molecule has 0 spiro atoms. The minimum absolute atomic E-state index is 0.799. The van der Waals surface area contributed by atoms with Gasteiger partial charge in [-0.05, 0) is 48.5 Å². The van der Waals surface area contributed by atoms with E-state index in [1.165, 1.54) is 0 Å². The van der Waals surface area contributed by atoms with Crippen LogP contribution in [-0.4, -0.2) is 14.2 Å². The van der Waals surface area contributed by atoms with Gasteiger partial charge >= 0.3 is 0 Å². The van der Waals surface area contributed by atoms with E-state index in [-0.39, 0.29) is 0 Å². The third-order valence-corrected chi connectivity index (χ3v) is 4.41. The van der Waals surface area contributed by atoms with Crippen LogP contribution in [0.25, 0.3) is 0 Å². The molecule has 3 aromatic rings. The molecule has 0 unspecified atom stereocenters. The SMILES string of the molecule is COc1ccc(OC)c(Sc2cccc(Oc3ccccc3)c2)c1. The van der Waals surface area contributed by atoms with Crippen LogP contribution < -0.4 is 14.2 Å². The van der Waals surface area contributed by atoms with Gasteiger partial charge in [0.1, 0.15) is 23.0 Å². The van der Waals surface area contributed by atoms with Crippen molar-refractivity contribution in [3.8, 4) is 23.0 Å². The van der Waals surface area contributed by atoms with Gasteiger partial charge in [-0.3, -0.25) is 0 Å². The topological polar surface area (TPSA) is 27.7 Å². The standard InChI is InChI=1S/C20H18O3S/c1-21-16-11-12-19(22-2)20(14-16)24-18-10-6-9-17(13-18)23-15-7-4-3-5-8-15/h3-14H,1-2H3. The largest absolute Gasteiger partial charge is 0.497 e. The molecular weight excluding hydrogens is 320 g/mol. The molecule has 24 heavy (non-hydrogen) atoms. The molecule has 3 aromatic carbocycles. The Kier molecular flexibility index (Phi) is 5.29. The first-order valence-electron chi connectivity index (χ1n) is 7.51. The summed E-state index contributed by atoms with van der Waals surface area (Å²) in [5.74, 6) is 3.23. The van der Waals surface area contributed by atoms with E-state index in [1.54, 1.807) is 26.0 Å². The van der Waals surface area contributed by atoms with Crippen LogP contribution in [0.5, 0.6) is 23.0 Å². The van der Waals surface area contributed by atoms with Crippen LogP contribution in [0.15, 0.2) is 82.6 Å². The predicted molar refractivity (Wildman–Crippen MR) is 96.6 cm³/mol. The Morgan fingerprint density at radius 3 is 2.21 bits per heavy atom. The second-order valence-electron chi connectivity index (χ2n) is 5.01. The molecule has 0 saturated carbocycles. The highest BCUT2D eigenvalue weighted by Gasteiger charge is 2.08. The maximum Gasteiger partial charge on any atom is 0.133 e. The molecule has 0 amide bonds. The first kappa shape index (κ1) is 16.3. The summed E-state index contributed by atoms with van der Waals surface area (Å²) in [7, 11) is 3.32. The number of methoxy groups -OCH3 is 2. The monoisotopic (exact) mass is 338 g/mol. The predicted octanol–water partition coefficient (Wildman–Crippen LogP) is 5.65. The Bertz CT molecular complexity index is 803. The fourth-order valence-electron chi connectivity index (χ4n) is 2.22. The summed E-state index contributed by atoms with van der Waals surface area (Å²) in [5, 5.41) is 0. The fourth-order valence-corrected chi connectivity index (χ4v) is 3.22. The lowest BCUT2D eigenvalue weighted by molar-refractivity contribution is 0.394. The third-order valence-electron chi connectivity index (χ3n) is 3.38. The van der Waals surface area contributed by atoms with Crippen molar-refractivity contribution in [2.24, 2.45) is 0 Å². The lowest BCUT2D eigenvalue weighted by Crippen LogP contribution is -1.89. The summed E-state index contributed by atoms with van der Waals surface area (Å²) in [4.78, 5) is 2.06. The molecule has 122 valence electrons. The molecule has 0 aliphatic carbocycles. The molecule has 3 nitrogen and oxygen atoms in total. The molecule has 0 aromatic heterocycles. The second kappa shape index (κ2) is 7.79. The Balaban J connectivity index is 1.82. The molecule has 4 heteroatoms. The maximum atomic E-state index is 5.89. The average molecular weight is 338 g/mol. The molecule has 0 N–H and O–H groups in total. The molecule has 0 aliphatic heterocycles. The quantitative estimate of drug-likeness (QED) is 0.581. The van der Waals surface area contributed by atoms with Crippen molar-refractivity contribution in [1.82, 2.24) is 0 Å². The molecule has 0 atom stereocenters. The Morgan fingerprint density at radius 1 is 0.667 bits per heavy atom. The van der Waals surface area contributed by atoms with Gasteiger partial charge in [-0.2, -0.15) is 0 Å². The number of hydrogen-bond acceptors (Lipinski definition) is 4. The summed E-state index contributed by atoms with van der Waals surface area (Å²) < 4.78 is 16.6. The van der Waals surface area contributed by atoms with Gasteiger partial charge < -0.3 is 14.2 Å². The lowest BCUT2D eigenvalue weighted by Gasteiger charge is -2.11. The van der Waals surface area contributed by atoms with E-state index in [0.717, 1.165) is 32.8 Å². The van der Waals surface area contributed by atoms with Gasteiger partial charge in [0.15, 0.2) is 0 Å². The van der Waals surface area contributed by atoms with E-state index in [0.29, 0.717) is 0 Å². The molecule has 3 rings (SSSR count). The van der Waals surface area contributed by atoms with Crippen molar-refractivity contribution in [3.63, 3.8) is 0 Å². The summed E-state index contributed by atoms with van der Waals surface area (Å²) in [5.41, 5.74) is 0. The van der Waals surface area contributed by atoms with E-state index in [2.05, 4.69) is 0 Å². The van der Waals surface area contributed by atoms with Crippen molar-refractivity contribution in [2.75, 3.05) is 14.2 Å². The van der Waals surface area contributed by atoms with Crippen molar-refractivity contribution >= 4 is 11.8 Å². The molecule has 0 bridgehead atoms. The number of hydrogen-bond donors (Lipinski definition) is 0. The minimum Gasteiger partial charge on any atom is -0.497 e. The molecule has 0 saturated heterocycles. The van der Waals surface area contributed by atoms with Crippen LogP contribution in [0.2, 0.25) is 0 Å². The van der Waals surface area contributed by atoms with Crippen LogP contribution in [0, 0.1) is 0 Å². The normalized spacial score (nSPS) is 10.2.